The van der Waals surface area contributed by atoms with E-state index in [2.05, 4.69) is 47.7 Å². The van der Waals surface area contributed by atoms with Crippen molar-refractivity contribution in [1.29, 1.82) is 0 Å². The number of nitrogens with one attached hydrogen (secondary N) is 2. The van der Waals surface area contributed by atoms with Gasteiger partial charge < -0.3 is 10.1 Å². The highest BCUT2D eigenvalue weighted by Crippen LogP contribution is 2.32. The van der Waals surface area contributed by atoms with Crippen LogP contribution in [-0.4, -0.2) is 24.0 Å². The zero-order valence-electron chi connectivity index (χ0n) is 20.1. The van der Waals surface area contributed by atoms with Crippen LogP contribution in [0.2, 0.25) is 0 Å². The molecule has 0 saturated heterocycles. The van der Waals surface area contributed by atoms with Crippen molar-refractivity contribution in [2.45, 2.75) is 6.92 Å². The molecule has 0 aliphatic carbocycles. The zero-order chi connectivity index (χ0) is 27.1. The van der Waals surface area contributed by atoms with Crippen LogP contribution >= 0.6 is 31.9 Å². The van der Waals surface area contributed by atoms with Crippen molar-refractivity contribution in [2.75, 3.05) is 5.32 Å². The first kappa shape index (κ1) is 27.0. The van der Waals surface area contributed by atoms with Gasteiger partial charge in [-0.1, -0.05) is 57.9 Å². The van der Waals surface area contributed by atoms with Crippen LogP contribution in [0.5, 0.6) is 5.75 Å². The number of carbonyl (C=O) groups excluding carboxylic acids is 3. The van der Waals surface area contributed by atoms with E-state index in [4.69, 9.17) is 4.74 Å². The van der Waals surface area contributed by atoms with E-state index in [1.165, 1.54) is 6.21 Å². The van der Waals surface area contributed by atoms with Crippen molar-refractivity contribution in [2.24, 2.45) is 5.10 Å². The van der Waals surface area contributed by atoms with Gasteiger partial charge in [0.1, 0.15) is 0 Å². The van der Waals surface area contributed by atoms with Crippen molar-refractivity contribution in [3.05, 3.63) is 128 Å². The third kappa shape index (κ3) is 7.02. The van der Waals surface area contributed by atoms with E-state index in [-0.39, 0.29) is 11.7 Å². The number of benzene rings is 4. The van der Waals surface area contributed by atoms with Gasteiger partial charge in [-0.25, -0.2) is 10.2 Å². The molecule has 0 aliphatic heterocycles. The molecule has 0 fully saturated rings. The highest BCUT2D eigenvalue weighted by Gasteiger charge is 2.15. The summed E-state index contributed by atoms with van der Waals surface area (Å²) in [5.74, 6) is -1.04. The molecule has 0 unspecified atom stereocenters. The second-order valence-electron chi connectivity index (χ2n) is 8.17. The minimum atomic E-state index is -0.531. The van der Waals surface area contributed by atoms with Gasteiger partial charge in [-0.3, -0.25) is 9.59 Å². The van der Waals surface area contributed by atoms with Crippen LogP contribution in [0.3, 0.4) is 0 Å². The molecule has 4 aromatic carbocycles. The van der Waals surface area contributed by atoms with Crippen molar-refractivity contribution in [3.63, 3.8) is 0 Å². The summed E-state index contributed by atoms with van der Waals surface area (Å²) in [4.78, 5) is 37.9. The van der Waals surface area contributed by atoms with E-state index in [1.807, 2.05) is 19.1 Å². The Hall–Kier alpha value is -4.08. The van der Waals surface area contributed by atoms with Crippen molar-refractivity contribution < 1.29 is 19.1 Å². The number of amides is 2. The van der Waals surface area contributed by atoms with Crippen LogP contribution in [0, 0.1) is 6.92 Å². The summed E-state index contributed by atoms with van der Waals surface area (Å²) in [6, 6.07) is 25.8. The van der Waals surface area contributed by atoms with Gasteiger partial charge in [-0.15, -0.1) is 0 Å². The number of hydrazone groups is 1. The summed E-state index contributed by atoms with van der Waals surface area (Å²) in [5.41, 5.74) is 5.58. The van der Waals surface area contributed by atoms with E-state index in [9.17, 15) is 14.4 Å². The lowest BCUT2D eigenvalue weighted by Gasteiger charge is -2.10. The molecule has 2 amide bonds. The SMILES string of the molecule is Cc1cccc(C(=O)Nc2cccc(C(=O)NN=Cc3cc(Br)cc(Br)c3OC(=O)c3ccccc3)c2)c1. The fourth-order valence-corrected chi connectivity index (χ4v) is 4.80. The highest BCUT2D eigenvalue weighted by molar-refractivity contribution is 9.11. The summed E-state index contributed by atoms with van der Waals surface area (Å²) in [6.07, 6.45) is 1.38. The predicted octanol–water partition coefficient (Wildman–Crippen LogP) is 6.76. The molecule has 4 rings (SSSR count). The molecule has 0 atom stereocenters. The molecule has 0 heterocycles. The van der Waals surface area contributed by atoms with Gasteiger partial charge in [0, 0.05) is 26.9 Å². The molecule has 9 heteroatoms. The Labute approximate surface area is 236 Å². The van der Waals surface area contributed by atoms with Gasteiger partial charge in [0.15, 0.2) is 5.75 Å². The number of rotatable bonds is 7. The van der Waals surface area contributed by atoms with E-state index in [0.29, 0.717) is 36.9 Å². The van der Waals surface area contributed by atoms with Crippen LogP contribution in [0.25, 0.3) is 0 Å². The standard InChI is InChI=1S/C29H21Br2N3O4/c1-18-7-5-10-20(13-18)27(35)33-24-12-6-11-21(15-24)28(36)34-32-17-22-14-23(30)16-25(31)26(22)38-29(37)19-8-3-2-4-9-19/h2-17H,1H3,(H,33,35)(H,34,36). The maximum Gasteiger partial charge on any atom is 0.343 e. The number of carbonyl (C=O) groups is 3. The topological polar surface area (TPSA) is 96.9 Å². The molecule has 0 bridgehead atoms. The summed E-state index contributed by atoms with van der Waals surface area (Å²) < 4.78 is 6.85. The Morgan fingerprint density at radius 2 is 1.47 bits per heavy atom. The molecule has 0 spiro atoms. The number of ether oxygens (including phenoxy) is 1. The fraction of sp³-hybridized carbons (Fsp3) is 0.0345. The Balaban J connectivity index is 1.46. The second kappa shape index (κ2) is 12.4. The van der Waals surface area contributed by atoms with Crippen LogP contribution in [-0.2, 0) is 0 Å². The van der Waals surface area contributed by atoms with Gasteiger partial charge in [0.05, 0.1) is 16.3 Å². The lowest BCUT2D eigenvalue weighted by molar-refractivity contribution is 0.0732. The quantitative estimate of drug-likeness (QED) is 0.102. The molecule has 190 valence electrons. The average Bonchev–Trinajstić information content (AvgIpc) is 2.91. The summed E-state index contributed by atoms with van der Waals surface area (Å²) in [5, 5.41) is 6.84. The number of halogens is 2. The van der Waals surface area contributed by atoms with Gasteiger partial charge in [0.2, 0.25) is 0 Å². The number of esters is 1. The Morgan fingerprint density at radius 1 is 0.789 bits per heavy atom. The Kier molecular flexibility index (Phi) is 8.83. The molecule has 0 radical (unpaired) electrons. The molecule has 0 aromatic heterocycles. The molecule has 2 N–H and O–H groups in total. The van der Waals surface area contributed by atoms with Crippen LogP contribution in [0.4, 0.5) is 5.69 Å². The molecular formula is C29H21Br2N3O4. The first-order valence-electron chi connectivity index (χ1n) is 11.4. The maximum absolute atomic E-state index is 12.7. The van der Waals surface area contributed by atoms with Gasteiger partial charge >= 0.3 is 5.97 Å². The van der Waals surface area contributed by atoms with E-state index in [0.717, 1.165) is 5.56 Å². The minimum Gasteiger partial charge on any atom is -0.421 e. The lowest BCUT2D eigenvalue weighted by atomic mass is 10.1. The summed E-state index contributed by atoms with van der Waals surface area (Å²) in [7, 11) is 0. The lowest BCUT2D eigenvalue weighted by Crippen LogP contribution is -2.18. The summed E-state index contributed by atoms with van der Waals surface area (Å²) >= 11 is 6.82. The number of hydrogen-bond donors (Lipinski definition) is 2. The molecule has 38 heavy (non-hydrogen) atoms. The first-order valence-corrected chi connectivity index (χ1v) is 13.0. The van der Waals surface area contributed by atoms with Crippen molar-refractivity contribution in [1.82, 2.24) is 5.43 Å². The molecule has 0 aliphatic rings. The van der Waals surface area contributed by atoms with Crippen molar-refractivity contribution >= 4 is 61.5 Å². The largest absolute Gasteiger partial charge is 0.421 e. The number of nitrogens with zero attached hydrogens (tertiary/aromatic N) is 1. The number of anilines is 1. The molecule has 0 saturated carbocycles. The van der Waals surface area contributed by atoms with E-state index >= 15 is 0 Å². The fourth-order valence-electron chi connectivity index (χ4n) is 3.46. The normalized spacial score (nSPS) is 10.7. The maximum atomic E-state index is 12.7. The smallest absolute Gasteiger partial charge is 0.343 e. The van der Waals surface area contributed by atoms with Crippen LogP contribution < -0.4 is 15.5 Å². The van der Waals surface area contributed by atoms with Gasteiger partial charge in [-0.2, -0.15) is 5.10 Å². The predicted molar refractivity (Wildman–Crippen MR) is 154 cm³/mol. The average molecular weight is 635 g/mol. The highest BCUT2D eigenvalue weighted by atomic mass is 79.9. The van der Waals surface area contributed by atoms with Crippen molar-refractivity contribution in [3.8, 4) is 5.75 Å². The van der Waals surface area contributed by atoms with E-state index in [1.54, 1.807) is 78.9 Å². The third-order valence-electron chi connectivity index (χ3n) is 5.27. The monoisotopic (exact) mass is 633 g/mol. The Morgan fingerprint density at radius 3 is 2.21 bits per heavy atom. The zero-order valence-corrected chi connectivity index (χ0v) is 23.2. The molecule has 4 aromatic rings. The first-order chi connectivity index (χ1) is 18.3. The second-order valence-corrected chi connectivity index (χ2v) is 9.94. The van der Waals surface area contributed by atoms with Gasteiger partial charge in [0.25, 0.3) is 11.8 Å². The Bertz CT molecular complexity index is 1540. The third-order valence-corrected chi connectivity index (χ3v) is 6.32. The summed E-state index contributed by atoms with van der Waals surface area (Å²) in [6.45, 7) is 1.91. The molecule has 7 nitrogen and oxygen atoms in total. The number of hydrogen-bond acceptors (Lipinski definition) is 5. The molecular weight excluding hydrogens is 614 g/mol. The van der Waals surface area contributed by atoms with Crippen LogP contribution in [0.15, 0.2) is 105 Å². The van der Waals surface area contributed by atoms with E-state index < -0.39 is 11.9 Å². The number of aryl methyl sites for hydroxylation is 1. The minimum absolute atomic E-state index is 0.251. The van der Waals surface area contributed by atoms with Gasteiger partial charge in [-0.05, 0) is 77.5 Å². The van der Waals surface area contributed by atoms with Crippen LogP contribution in [0.1, 0.15) is 42.2 Å².